The lowest BCUT2D eigenvalue weighted by atomic mass is 10.1. The molecule has 4 aromatic rings. The van der Waals surface area contributed by atoms with E-state index in [0.717, 1.165) is 34.1 Å². The Kier molecular flexibility index (Phi) is 4.80. The molecular weight excluding hydrogens is 379 g/mol. The SMILES string of the molecule is O=c1ccc(C(F)(F)F)cn1Cc1cn(-c2ccccc2)nc1-c1ccccc1. The van der Waals surface area contributed by atoms with Crippen LogP contribution in [-0.2, 0) is 12.7 Å². The van der Waals surface area contributed by atoms with Gasteiger partial charge in [0.05, 0.1) is 23.5 Å². The van der Waals surface area contributed by atoms with E-state index in [1.54, 1.807) is 10.9 Å². The summed E-state index contributed by atoms with van der Waals surface area (Å²) >= 11 is 0. The van der Waals surface area contributed by atoms with E-state index in [1.165, 1.54) is 0 Å². The lowest BCUT2D eigenvalue weighted by Gasteiger charge is -2.10. The van der Waals surface area contributed by atoms with Gasteiger partial charge in [-0.15, -0.1) is 0 Å². The zero-order chi connectivity index (χ0) is 20.4. The van der Waals surface area contributed by atoms with Crippen LogP contribution >= 0.6 is 0 Å². The normalized spacial score (nSPS) is 11.6. The van der Waals surface area contributed by atoms with Crippen molar-refractivity contribution in [2.75, 3.05) is 0 Å². The number of pyridine rings is 1. The van der Waals surface area contributed by atoms with Crippen molar-refractivity contribution in [3.63, 3.8) is 0 Å². The lowest BCUT2D eigenvalue weighted by Crippen LogP contribution is -2.22. The van der Waals surface area contributed by atoms with Gasteiger partial charge in [-0.25, -0.2) is 4.68 Å². The van der Waals surface area contributed by atoms with Gasteiger partial charge in [-0.2, -0.15) is 18.3 Å². The number of aromatic nitrogens is 3. The highest BCUT2D eigenvalue weighted by Crippen LogP contribution is 2.29. The van der Waals surface area contributed by atoms with E-state index in [0.29, 0.717) is 11.3 Å². The number of nitrogens with zero attached hydrogens (tertiary/aromatic N) is 3. The van der Waals surface area contributed by atoms with E-state index in [2.05, 4.69) is 5.10 Å². The van der Waals surface area contributed by atoms with Crippen molar-refractivity contribution < 1.29 is 13.2 Å². The molecule has 0 fully saturated rings. The predicted molar refractivity (Wildman–Crippen MR) is 104 cm³/mol. The number of benzene rings is 2. The van der Waals surface area contributed by atoms with Crippen molar-refractivity contribution in [2.45, 2.75) is 12.7 Å². The molecule has 2 aromatic carbocycles. The summed E-state index contributed by atoms with van der Waals surface area (Å²) in [6, 6.07) is 20.4. The number of para-hydroxylation sites is 1. The highest BCUT2D eigenvalue weighted by molar-refractivity contribution is 5.63. The number of hydrogen-bond acceptors (Lipinski definition) is 2. The maximum absolute atomic E-state index is 13.1. The molecule has 0 amide bonds. The maximum Gasteiger partial charge on any atom is 0.417 e. The van der Waals surface area contributed by atoms with Crippen molar-refractivity contribution in [1.82, 2.24) is 14.3 Å². The van der Waals surface area contributed by atoms with Crippen molar-refractivity contribution >= 4 is 0 Å². The van der Waals surface area contributed by atoms with Crippen LogP contribution in [0.3, 0.4) is 0 Å². The van der Waals surface area contributed by atoms with E-state index in [9.17, 15) is 18.0 Å². The summed E-state index contributed by atoms with van der Waals surface area (Å²) in [5.41, 5.74) is 1.50. The molecule has 2 aromatic heterocycles. The van der Waals surface area contributed by atoms with Crippen LogP contribution in [-0.4, -0.2) is 14.3 Å². The molecule has 4 nitrogen and oxygen atoms in total. The van der Waals surface area contributed by atoms with Gasteiger partial charge in [0.1, 0.15) is 0 Å². The Morgan fingerprint density at radius 2 is 1.48 bits per heavy atom. The van der Waals surface area contributed by atoms with Gasteiger partial charge in [0.25, 0.3) is 5.56 Å². The molecule has 0 saturated heterocycles. The molecule has 29 heavy (non-hydrogen) atoms. The van der Waals surface area contributed by atoms with E-state index in [4.69, 9.17) is 0 Å². The summed E-state index contributed by atoms with van der Waals surface area (Å²) in [7, 11) is 0. The van der Waals surface area contributed by atoms with Crippen LogP contribution in [0.5, 0.6) is 0 Å². The van der Waals surface area contributed by atoms with Crippen LogP contribution < -0.4 is 5.56 Å². The molecule has 0 atom stereocenters. The molecule has 0 spiro atoms. The van der Waals surface area contributed by atoms with E-state index in [1.807, 2.05) is 60.7 Å². The zero-order valence-corrected chi connectivity index (χ0v) is 15.2. The van der Waals surface area contributed by atoms with Crippen molar-refractivity contribution in [3.05, 3.63) is 107 Å². The molecule has 0 saturated carbocycles. The standard InChI is InChI=1S/C22H16F3N3O/c23-22(24,25)18-11-12-20(29)27(15-18)13-17-14-28(19-9-5-2-6-10-19)26-21(17)16-7-3-1-4-8-16/h1-12,14-15H,13H2. The molecule has 7 heteroatoms. The van der Waals surface area contributed by atoms with Crippen LogP contribution in [0.15, 0.2) is 90.0 Å². The van der Waals surface area contributed by atoms with Crippen molar-refractivity contribution in [1.29, 1.82) is 0 Å². The highest BCUT2D eigenvalue weighted by Gasteiger charge is 2.31. The molecule has 0 N–H and O–H groups in total. The molecule has 0 aliphatic heterocycles. The predicted octanol–water partition coefficient (Wildman–Crippen LogP) is 4.77. The zero-order valence-electron chi connectivity index (χ0n) is 15.2. The van der Waals surface area contributed by atoms with Gasteiger partial charge in [-0.1, -0.05) is 48.5 Å². The number of hydrogen-bond donors (Lipinski definition) is 0. The summed E-state index contributed by atoms with van der Waals surface area (Å²) in [6.45, 7) is -0.0280. The monoisotopic (exact) mass is 395 g/mol. The Morgan fingerprint density at radius 3 is 2.14 bits per heavy atom. The molecular formula is C22H16F3N3O. The minimum atomic E-state index is -4.52. The summed E-state index contributed by atoms with van der Waals surface area (Å²) in [6.07, 6.45) is -1.94. The smallest absolute Gasteiger partial charge is 0.310 e. The maximum atomic E-state index is 13.1. The summed E-state index contributed by atoms with van der Waals surface area (Å²) in [5.74, 6) is 0. The molecule has 146 valence electrons. The Hall–Kier alpha value is -3.61. The van der Waals surface area contributed by atoms with Crippen LogP contribution in [0.25, 0.3) is 16.9 Å². The third-order valence-electron chi connectivity index (χ3n) is 4.51. The van der Waals surface area contributed by atoms with Crippen LogP contribution in [0, 0.1) is 0 Å². The van der Waals surface area contributed by atoms with Crippen molar-refractivity contribution in [2.24, 2.45) is 0 Å². The van der Waals surface area contributed by atoms with Crippen LogP contribution in [0.2, 0.25) is 0 Å². The van der Waals surface area contributed by atoms with E-state index >= 15 is 0 Å². The molecule has 0 unspecified atom stereocenters. The van der Waals surface area contributed by atoms with Gasteiger partial charge in [0.2, 0.25) is 0 Å². The molecule has 0 radical (unpaired) electrons. The fraction of sp³-hybridized carbons (Fsp3) is 0.0909. The quantitative estimate of drug-likeness (QED) is 0.500. The number of alkyl halides is 3. The fourth-order valence-corrected chi connectivity index (χ4v) is 3.08. The van der Waals surface area contributed by atoms with Gasteiger partial charge in [-0.05, 0) is 18.2 Å². The van der Waals surface area contributed by atoms with Gasteiger partial charge in [0, 0.05) is 29.6 Å². The first-order valence-electron chi connectivity index (χ1n) is 8.89. The van der Waals surface area contributed by atoms with E-state index < -0.39 is 17.3 Å². The van der Waals surface area contributed by atoms with Gasteiger partial charge >= 0.3 is 6.18 Å². The van der Waals surface area contributed by atoms with Gasteiger partial charge in [0.15, 0.2) is 0 Å². The Labute approximate surface area is 164 Å². The third-order valence-corrected chi connectivity index (χ3v) is 4.51. The Morgan fingerprint density at radius 1 is 0.828 bits per heavy atom. The first kappa shape index (κ1) is 18.7. The Bertz CT molecular complexity index is 1180. The summed E-state index contributed by atoms with van der Waals surface area (Å²) < 4.78 is 41.9. The second kappa shape index (κ2) is 7.43. The summed E-state index contributed by atoms with van der Waals surface area (Å²) in [4.78, 5) is 12.2. The first-order chi connectivity index (χ1) is 13.9. The molecule has 4 rings (SSSR count). The topological polar surface area (TPSA) is 39.8 Å². The lowest BCUT2D eigenvalue weighted by molar-refractivity contribution is -0.138. The largest absolute Gasteiger partial charge is 0.417 e. The second-order valence-corrected chi connectivity index (χ2v) is 6.53. The van der Waals surface area contributed by atoms with Gasteiger partial charge < -0.3 is 4.57 Å². The molecule has 0 aliphatic carbocycles. The highest BCUT2D eigenvalue weighted by atomic mass is 19.4. The number of rotatable bonds is 4. The minimum absolute atomic E-state index is 0.0280. The third kappa shape index (κ3) is 3.99. The summed E-state index contributed by atoms with van der Waals surface area (Å²) in [5, 5.41) is 4.63. The molecule has 0 bridgehead atoms. The number of halogens is 3. The molecule has 2 heterocycles. The average Bonchev–Trinajstić information content (AvgIpc) is 3.14. The second-order valence-electron chi connectivity index (χ2n) is 6.53. The fourth-order valence-electron chi connectivity index (χ4n) is 3.08. The van der Waals surface area contributed by atoms with Crippen LogP contribution in [0.1, 0.15) is 11.1 Å². The Balaban J connectivity index is 1.81. The molecule has 0 aliphatic rings. The van der Waals surface area contributed by atoms with Gasteiger partial charge in [-0.3, -0.25) is 4.79 Å². The average molecular weight is 395 g/mol. The first-order valence-corrected chi connectivity index (χ1v) is 8.89. The van der Waals surface area contributed by atoms with E-state index in [-0.39, 0.29) is 6.54 Å². The van der Waals surface area contributed by atoms with Crippen molar-refractivity contribution in [3.8, 4) is 16.9 Å². The minimum Gasteiger partial charge on any atom is -0.310 e. The van der Waals surface area contributed by atoms with Crippen LogP contribution in [0.4, 0.5) is 13.2 Å².